The summed E-state index contributed by atoms with van der Waals surface area (Å²) in [6, 6.07) is 8.78. The van der Waals surface area contributed by atoms with Crippen molar-refractivity contribution >= 4 is 29.9 Å². The van der Waals surface area contributed by atoms with E-state index in [1.165, 1.54) is 11.1 Å². The molecule has 1 heterocycles. The van der Waals surface area contributed by atoms with Crippen molar-refractivity contribution in [1.82, 2.24) is 15.5 Å². The van der Waals surface area contributed by atoms with Gasteiger partial charge in [-0.15, -0.1) is 24.0 Å². The standard InChI is InChI=1S/C18H30N4O.HI/c1-4-8-20-18(19-3)21-12-16-6-5-7-17(11-16)14-22-9-10-23-15(2)13-22;/h5-7,11,15H,4,8-10,12-14H2,1-3H3,(H2,19,20,21);1H. The molecule has 0 amide bonds. The zero-order valence-electron chi connectivity index (χ0n) is 15.0. The lowest BCUT2D eigenvalue weighted by atomic mass is 10.1. The molecule has 24 heavy (non-hydrogen) atoms. The highest BCUT2D eigenvalue weighted by atomic mass is 127. The maximum absolute atomic E-state index is 5.61. The summed E-state index contributed by atoms with van der Waals surface area (Å²) in [6.45, 7) is 9.87. The predicted molar refractivity (Wildman–Crippen MR) is 111 cm³/mol. The van der Waals surface area contributed by atoms with Gasteiger partial charge in [-0.3, -0.25) is 9.89 Å². The van der Waals surface area contributed by atoms with E-state index in [1.54, 1.807) is 7.05 Å². The fraction of sp³-hybridized carbons (Fsp3) is 0.611. The van der Waals surface area contributed by atoms with Crippen LogP contribution >= 0.6 is 24.0 Å². The Morgan fingerprint density at radius 1 is 1.33 bits per heavy atom. The van der Waals surface area contributed by atoms with Crippen molar-refractivity contribution in [1.29, 1.82) is 0 Å². The third-order valence-corrected chi connectivity index (χ3v) is 3.95. The van der Waals surface area contributed by atoms with Crippen LogP contribution in [0.2, 0.25) is 0 Å². The Kier molecular flexibility index (Phi) is 10.3. The Bertz CT molecular complexity index is 510. The molecule has 1 unspecified atom stereocenters. The summed E-state index contributed by atoms with van der Waals surface area (Å²) >= 11 is 0. The second-order valence-corrected chi connectivity index (χ2v) is 6.09. The number of hydrogen-bond acceptors (Lipinski definition) is 3. The second-order valence-electron chi connectivity index (χ2n) is 6.09. The number of aliphatic imine (C=N–C) groups is 1. The highest BCUT2D eigenvalue weighted by Gasteiger charge is 2.16. The first kappa shape index (κ1) is 21.2. The van der Waals surface area contributed by atoms with Gasteiger partial charge >= 0.3 is 0 Å². The van der Waals surface area contributed by atoms with Crippen molar-refractivity contribution in [2.24, 2.45) is 4.99 Å². The van der Waals surface area contributed by atoms with Crippen LogP contribution in [0.4, 0.5) is 0 Å². The lowest BCUT2D eigenvalue weighted by Gasteiger charge is -2.31. The Morgan fingerprint density at radius 3 is 2.83 bits per heavy atom. The molecule has 1 fully saturated rings. The van der Waals surface area contributed by atoms with Gasteiger partial charge in [0.25, 0.3) is 0 Å². The van der Waals surface area contributed by atoms with Crippen LogP contribution in [0.5, 0.6) is 0 Å². The first-order chi connectivity index (χ1) is 11.2. The summed E-state index contributed by atoms with van der Waals surface area (Å²) in [7, 11) is 1.81. The normalized spacial score (nSPS) is 18.8. The van der Waals surface area contributed by atoms with Crippen LogP contribution < -0.4 is 10.6 Å². The number of ether oxygens (including phenoxy) is 1. The molecule has 1 aliphatic rings. The zero-order chi connectivity index (χ0) is 16.5. The number of guanidine groups is 1. The number of halogens is 1. The van der Waals surface area contributed by atoms with Gasteiger partial charge in [-0.25, -0.2) is 0 Å². The maximum atomic E-state index is 5.61. The monoisotopic (exact) mass is 446 g/mol. The molecule has 1 aromatic carbocycles. The molecule has 5 nitrogen and oxygen atoms in total. The molecule has 0 radical (unpaired) electrons. The van der Waals surface area contributed by atoms with Crippen molar-refractivity contribution in [3.8, 4) is 0 Å². The van der Waals surface area contributed by atoms with Gasteiger partial charge in [0.1, 0.15) is 0 Å². The Labute approximate surface area is 163 Å². The van der Waals surface area contributed by atoms with E-state index >= 15 is 0 Å². The van der Waals surface area contributed by atoms with E-state index in [1.807, 2.05) is 0 Å². The van der Waals surface area contributed by atoms with E-state index in [-0.39, 0.29) is 24.0 Å². The fourth-order valence-corrected chi connectivity index (χ4v) is 2.78. The lowest BCUT2D eigenvalue weighted by molar-refractivity contribution is -0.0212. The summed E-state index contributed by atoms with van der Waals surface area (Å²) in [4.78, 5) is 6.70. The van der Waals surface area contributed by atoms with Crippen molar-refractivity contribution in [3.05, 3.63) is 35.4 Å². The Morgan fingerprint density at radius 2 is 2.12 bits per heavy atom. The molecule has 0 spiro atoms. The SMILES string of the molecule is CCCNC(=NC)NCc1cccc(CN2CCOC(C)C2)c1.I. The summed E-state index contributed by atoms with van der Waals surface area (Å²) < 4.78 is 5.61. The minimum absolute atomic E-state index is 0. The van der Waals surface area contributed by atoms with Gasteiger partial charge in [0.15, 0.2) is 5.96 Å². The van der Waals surface area contributed by atoms with Gasteiger partial charge < -0.3 is 15.4 Å². The van der Waals surface area contributed by atoms with E-state index in [4.69, 9.17) is 4.74 Å². The van der Waals surface area contributed by atoms with Crippen molar-refractivity contribution < 1.29 is 4.74 Å². The number of benzene rings is 1. The van der Waals surface area contributed by atoms with Crippen LogP contribution in [-0.4, -0.2) is 50.3 Å². The highest BCUT2D eigenvalue weighted by Crippen LogP contribution is 2.12. The summed E-state index contributed by atoms with van der Waals surface area (Å²) in [5.41, 5.74) is 2.64. The molecule has 2 rings (SSSR count). The van der Waals surface area contributed by atoms with Crippen molar-refractivity contribution in [2.75, 3.05) is 33.3 Å². The minimum Gasteiger partial charge on any atom is -0.376 e. The average Bonchev–Trinajstić information content (AvgIpc) is 2.55. The molecule has 2 N–H and O–H groups in total. The molecular weight excluding hydrogens is 415 g/mol. The summed E-state index contributed by atoms with van der Waals surface area (Å²) in [5, 5.41) is 6.65. The molecular formula is C18H31IN4O. The first-order valence-electron chi connectivity index (χ1n) is 8.57. The average molecular weight is 446 g/mol. The van der Waals surface area contributed by atoms with Crippen molar-refractivity contribution in [2.45, 2.75) is 39.5 Å². The minimum atomic E-state index is 0. The summed E-state index contributed by atoms with van der Waals surface area (Å²) in [6.07, 6.45) is 1.43. The smallest absolute Gasteiger partial charge is 0.191 e. The molecule has 0 saturated carbocycles. The Hall–Kier alpha value is -0.860. The molecule has 1 atom stereocenters. The molecule has 1 aromatic rings. The van der Waals surface area contributed by atoms with Gasteiger partial charge in [0.05, 0.1) is 12.7 Å². The fourth-order valence-electron chi connectivity index (χ4n) is 2.78. The van der Waals surface area contributed by atoms with Crippen LogP contribution in [0, 0.1) is 0 Å². The molecule has 1 saturated heterocycles. The van der Waals surface area contributed by atoms with Gasteiger partial charge in [-0.1, -0.05) is 31.2 Å². The van der Waals surface area contributed by atoms with Crippen LogP contribution in [0.15, 0.2) is 29.3 Å². The van der Waals surface area contributed by atoms with E-state index < -0.39 is 0 Å². The van der Waals surface area contributed by atoms with Gasteiger partial charge in [-0.05, 0) is 24.5 Å². The van der Waals surface area contributed by atoms with Crippen LogP contribution in [0.3, 0.4) is 0 Å². The number of hydrogen-bond donors (Lipinski definition) is 2. The lowest BCUT2D eigenvalue weighted by Crippen LogP contribution is -2.40. The van der Waals surface area contributed by atoms with Gasteiger partial charge in [0.2, 0.25) is 0 Å². The number of morpholine rings is 1. The number of rotatable bonds is 6. The first-order valence-corrected chi connectivity index (χ1v) is 8.57. The predicted octanol–water partition coefficient (Wildman–Crippen LogP) is 2.60. The number of nitrogens with zero attached hydrogens (tertiary/aromatic N) is 2. The molecule has 136 valence electrons. The van der Waals surface area contributed by atoms with Crippen molar-refractivity contribution in [3.63, 3.8) is 0 Å². The third kappa shape index (κ3) is 7.36. The molecule has 0 bridgehead atoms. The highest BCUT2D eigenvalue weighted by molar-refractivity contribution is 14.0. The zero-order valence-corrected chi connectivity index (χ0v) is 17.4. The molecule has 6 heteroatoms. The maximum Gasteiger partial charge on any atom is 0.191 e. The van der Waals surface area contributed by atoms with E-state index in [9.17, 15) is 0 Å². The topological polar surface area (TPSA) is 48.9 Å². The summed E-state index contributed by atoms with van der Waals surface area (Å²) in [5.74, 6) is 0.860. The quantitative estimate of drug-likeness (QED) is 0.401. The largest absolute Gasteiger partial charge is 0.376 e. The molecule has 0 aliphatic carbocycles. The van der Waals surface area contributed by atoms with Gasteiger partial charge in [-0.2, -0.15) is 0 Å². The molecule has 1 aliphatic heterocycles. The van der Waals surface area contributed by atoms with E-state index in [0.717, 1.165) is 51.7 Å². The van der Waals surface area contributed by atoms with Crippen LogP contribution in [0.1, 0.15) is 31.4 Å². The molecule has 0 aromatic heterocycles. The third-order valence-electron chi connectivity index (χ3n) is 3.95. The Balaban J connectivity index is 0.00000288. The van der Waals surface area contributed by atoms with Crippen LogP contribution in [0.25, 0.3) is 0 Å². The number of nitrogens with one attached hydrogen (secondary N) is 2. The van der Waals surface area contributed by atoms with Crippen LogP contribution in [-0.2, 0) is 17.8 Å². The second kappa shape index (κ2) is 11.7. The van der Waals surface area contributed by atoms with E-state index in [0.29, 0.717) is 6.10 Å². The van der Waals surface area contributed by atoms with E-state index in [2.05, 4.69) is 58.6 Å². The van der Waals surface area contributed by atoms with Gasteiger partial charge in [0, 0.05) is 39.8 Å².